The summed E-state index contributed by atoms with van der Waals surface area (Å²) in [5.74, 6) is 0.446. The summed E-state index contributed by atoms with van der Waals surface area (Å²) in [5, 5.41) is 20.8. The molecule has 7 nitrogen and oxygen atoms in total. The quantitative estimate of drug-likeness (QED) is 0.853. The van der Waals surface area contributed by atoms with Gasteiger partial charge in [0.05, 0.1) is 6.20 Å². The lowest BCUT2D eigenvalue weighted by atomic mass is 10.1. The number of nitrogens with zero attached hydrogens (tertiary/aromatic N) is 4. The molecule has 1 aromatic heterocycles. The molecule has 19 heavy (non-hydrogen) atoms. The first-order valence-electron chi connectivity index (χ1n) is 5.77. The van der Waals surface area contributed by atoms with Gasteiger partial charge in [-0.25, -0.2) is 14.8 Å². The molecule has 0 unspecified atom stereocenters. The highest BCUT2D eigenvalue weighted by molar-refractivity contribution is 6.30. The monoisotopic (exact) mass is 281 g/mol. The van der Waals surface area contributed by atoms with Crippen LogP contribution in [0, 0.1) is 11.3 Å². The van der Waals surface area contributed by atoms with Crippen LogP contribution in [0.2, 0.25) is 5.15 Å². The minimum Gasteiger partial charge on any atom is -0.465 e. The van der Waals surface area contributed by atoms with E-state index in [9.17, 15) is 4.79 Å². The van der Waals surface area contributed by atoms with E-state index < -0.39 is 6.09 Å². The number of rotatable bonds is 2. The van der Waals surface area contributed by atoms with Gasteiger partial charge in [0, 0.05) is 19.1 Å². The van der Waals surface area contributed by atoms with Crippen molar-refractivity contribution in [2.75, 3.05) is 18.4 Å². The Morgan fingerprint density at radius 3 is 3.11 bits per heavy atom. The van der Waals surface area contributed by atoms with Gasteiger partial charge >= 0.3 is 6.09 Å². The van der Waals surface area contributed by atoms with Crippen LogP contribution >= 0.6 is 11.6 Å². The van der Waals surface area contributed by atoms with Crippen LogP contribution in [0.3, 0.4) is 0 Å². The van der Waals surface area contributed by atoms with Gasteiger partial charge in [0.25, 0.3) is 0 Å². The second-order valence-electron chi connectivity index (χ2n) is 4.22. The van der Waals surface area contributed by atoms with Crippen LogP contribution in [0.15, 0.2) is 6.20 Å². The SMILES string of the molecule is N#Cc1ncc(N[C@H]2CCCN(C(=O)O)C2)nc1Cl. The number of nitriles is 1. The average Bonchev–Trinajstić information content (AvgIpc) is 2.39. The van der Waals surface area contributed by atoms with Gasteiger partial charge in [-0.1, -0.05) is 11.6 Å². The number of likely N-dealkylation sites (tertiary alicyclic amines) is 1. The van der Waals surface area contributed by atoms with Crippen molar-refractivity contribution in [1.82, 2.24) is 14.9 Å². The summed E-state index contributed by atoms with van der Waals surface area (Å²) in [6.07, 6.45) is 2.14. The van der Waals surface area contributed by atoms with Crippen molar-refractivity contribution in [3.8, 4) is 6.07 Å². The zero-order valence-corrected chi connectivity index (χ0v) is 10.8. The largest absolute Gasteiger partial charge is 0.465 e. The molecule has 1 aliphatic heterocycles. The third-order valence-corrected chi connectivity index (χ3v) is 3.14. The van der Waals surface area contributed by atoms with Crippen LogP contribution in [0.4, 0.5) is 10.6 Å². The number of hydrogen-bond donors (Lipinski definition) is 2. The molecular formula is C11H12ClN5O2. The minimum absolute atomic E-state index is 0.0249. The number of aromatic nitrogens is 2. The number of piperidine rings is 1. The molecule has 1 atom stereocenters. The van der Waals surface area contributed by atoms with Crippen LogP contribution in [0.25, 0.3) is 0 Å². The Morgan fingerprint density at radius 1 is 1.68 bits per heavy atom. The Hall–Kier alpha value is -2.07. The molecule has 0 aromatic carbocycles. The van der Waals surface area contributed by atoms with Crippen LogP contribution in [-0.2, 0) is 0 Å². The van der Waals surface area contributed by atoms with E-state index in [1.165, 1.54) is 11.1 Å². The summed E-state index contributed by atoms with van der Waals surface area (Å²) in [6, 6.07) is 1.80. The molecule has 1 fully saturated rings. The molecule has 1 saturated heterocycles. The summed E-state index contributed by atoms with van der Waals surface area (Å²) in [5.41, 5.74) is 0.0722. The van der Waals surface area contributed by atoms with E-state index in [-0.39, 0.29) is 16.9 Å². The second-order valence-corrected chi connectivity index (χ2v) is 4.58. The molecule has 0 radical (unpaired) electrons. The average molecular weight is 282 g/mol. The second kappa shape index (κ2) is 5.71. The maximum Gasteiger partial charge on any atom is 0.407 e. The van der Waals surface area contributed by atoms with E-state index in [4.69, 9.17) is 22.0 Å². The highest BCUT2D eigenvalue weighted by Gasteiger charge is 2.23. The van der Waals surface area contributed by atoms with E-state index >= 15 is 0 Å². The lowest BCUT2D eigenvalue weighted by Gasteiger charge is -2.31. The number of hydrogen-bond acceptors (Lipinski definition) is 5. The first-order chi connectivity index (χ1) is 9.10. The predicted molar refractivity (Wildman–Crippen MR) is 68.0 cm³/mol. The van der Waals surface area contributed by atoms with Gasteiger partial charge in [0.1, 0.15) is 11.9 Å². The fourth-order valence-electron chi connectivity index (χ4n) is 1.99. The smallest absolute Gasteiger partial charge is 0.407 e. The van der Waals surface area contributed by atoms with Crippen molar-refractivity contribution >= 4 is 23.5 Å². The number of carbonyl (C=O) groups is 1. The highest BCUT2D eigenvalue weighted by Crippen LogP contribution is 2.17. The Labute approximate surface area is 114 Å². The summed E-state index contributed by atoms with van der Waals surface area (Å²) in [6.45, 7) is 0.946. The molecule has 2 N–H and O–H groups in total. The third-order valence-electron chi connectivity index (χ3n) is 2.88. The fraction of sp³-hybridized carbons (Fsp3) is 0.455. The lowest BCUT2D eigenvalue weighted by Crippen LogP contribution is -2.44. The Kier molecular flexibility index (Phi) is 4.02. The van der Waals surface area contributed by atoms with Gasteiger partial charge in [-0.05, 0) is 12.8 Å². The number of anilines is 1. The van der Waals surface area contributed by atoms with Crippen molar-refractivity contribution in [2.24, 2.45) is 0 Å². The van der Waals surface area contributed by atoms with Gasteiger partial charge in [-0.2, -0.15) is 5.26 Å². The maximum absolute atomic E-state index is 10.9. The summed E-state index contributed by atoms with van der Waals surface area (Å²) < 4.78 is 0. The minimum atomic E-state index is -0.921. The van der Waals surface area contributed by atoms with Crippen molar-refractivity contribution in [2.45, 2.75) is 18.9 Å². The summed E-state index contributed by atoms with van der Waals surface area (Å²) >= 11 is 5.79. The highest BCUT2D eigenvalue weighted by atomic mass is 35.5. The number of carboxylic acid groups (broad SMARTS) is 1. The van der Waals surface area contributed by atoms with Gasteiger partial charge in [0.15, 0.2) is 10.8 Å². The Morgan fingerprint density at radius 2 is 2.47 bits per heavy atom. The van der Waals surface area contributed by atoms with Gasteiger partial charge in [-0.3, -0.25) is 0 Å². The lowest BCUT2D eigenvalue weighted by molar-refractivity contribution is 0.133. The van der Waals surface area contributed by atoms with Gasteiger partial charge < -0.3 is 15.3 Å². The van der Waals surface area contributed by atoms with Crippen molar-refractivity contribution < 1.29 is 9.90 Å². The molecule has 1 aromatic rings. The van der Waals surface area contributed by atoms with Crippen molar-refractivity contribution in [3.63, 3.8) is 0 Å². The van der Waals surface area contributed by atoms with Crippen LogP contribution in [0.5, 0.6) is 0 Å². The number of halogens is 1. The van der Waals surface area contributed by atoms with E-state index in [1.54, 1.807) is 0 Å². The Bertz CT molecular complexity index is 530. The summed E-state index contributed by atoms with van der Waals surface area (Å²) in [7, 11) is 0. The molecular weight excluding hydrogens is 270 g/mol. The molecule has 2 rings (SSSR count). The van der Waals surface area contributed by atoms with Crippen LogP contribution < -0.4 is 5.32 Å². The zero-order valence-electron chi connectivity index (χ0n) is 10.0. The van der Waals surface area contributed by atoms with E-state index in [0.717, 1.165) is 12.8 Å². The van der Waals surface area contributed by atoms with E-state index in [1.807, 2.05) is 6.07 Å². The zero-order chi connectivity index (χ0) is 13.8. The van der Waals surface area contributed by atoms with E-state index in [2.05, 4.69) is 15.3 Å². The topological polar surface area (TPSA) is 102 Å². The predicted octanol–water partition coefficient (Wildman–Crippen LogP) is 1.56. The van der Waals surface area contributed by atoms with E-state index in [0.29, 0.717) is 18.9 Å². The molecule has 0 spiro atoms. The van der Waals surface area contributed by atoms with Crippen molar-refractivity contribution in [3.05, 3.63) is 17.0 Å². The molecule has 2 heterocycles. The molecule has 8 heteroatoms. The number of nitrogens with one attached hydrogen (secondary N) is 1. The standard InChI is InChI=1S/C11H12ClN5O2/c12-10-8(4-13)14-5-9(16-10)15-7-2-1-3-17(6-7)11(18)19/h5,7H,1-3,6H2,(H,15,16)(H,18,19)/t7-/m0/s1. The molecule has 1 aliphatic rings. The molecule has 0 saturated carbocycles. The molecule has 0 bridgehead atoms. The fourth-order valence-corrected chi connectivity index (χ4v) is 2.17. The first kappa shape index (κ1) is 13.4. The first-order valence-corrected chi connectivity index (χ1v) is 6.15. The van der Waals surface area contributed by atoms with Gasteiger partial charge in [-0.15, -0.1) is 0 Å². The summed E-state index contributed by atoms with van der Waals surface area (Å²) in [4.78, 5) is 20.1. The molecule has 100 valence electrons. The Balaban J connectivity index is 2.03. The molecule has 1 amide bonds. The maximum atomic E-state index is 10.9. The van der Waals surface area contributed by atoms with Crippen molar-refractivity contribution in [1.29, 1.82) is 5.26 Å². The normalized spacial score (nSPS) is 18.7. The molecule has 0 aliphatic carbocycles. The number of amides is 1. The third kappa shape index (κ3) is 3.23. The van der Waals surface area contributed by atoms with Gasteiger partial charge in [0.2, 0.25) is 0 Å². The van der Waals surface area contributed by atoms with Crippen LogP contribution in [-0.4, -0.2) is 45.2 Å². The van der Waals surface area contributed by atoms with Crippen LogP contribution in [0.1, 0.15) is 18.5 Å².